The summed E-state index contributed by atoms with van der Waals surface area (Å²) in [4.78, 5) is 0. The molecule has 188 valence electrons. The van der Waals surface area contributed by atoms with Crippen LogP contribution in [0.2, 0.25) is 0 Å². The number of rotatable bonds is 7. The van der Waals surface area contributed by atoms with Crippen LogP contribution in [0, 0.1) is 53.3 Å². The first-order valence-corrected chi connectivity index (χ1v) is 12.5. The Morgan fingerprint density at radius 2 is 1.28 bits per heavy atom. The molecule has 0 amide bonds. The van der Waals surface area contributed by atoms with E-state index in [1.807, 2.05) is 5.92 Å². The van der Waals surface area contributed by atoms with E-state index in [9.17, 15) is 22.0 Å². The van der Waals surface area contributed by atoms with Crippen molar-refractivity contribution in [1.29, 1.82) is 0 Å². The molecule has 0 aromatic heterocycles. The third kappa shape index (κ3) is 5.64. The average Bonchev–Trinajstić information content (AvgIpc) is 2.83. The lowest BCUT2D eigenvalue weighted by atomic mass is 9.78. The fourth-order valence-corrected chi connectivity index (χ4v) is 5.40. The summed E-state index contributed by atoms with van der Waals surface area (Å²) in [5, 5.41) is 0. The van der Waals surface area contributed by atoms with Gasteiger partial charge in [-0.1, -0.05) is 63.5 Å². The van der Waals surface area contributed by atoms with Crippen LogP contribution in [0.5, 0.6) is 0 Å². The standard InChI is InChI=1S/C31H29F5/c1-3-5-19-6-8-20(9-7-19)10-11-21-12-13-25(26(32)14-21)22-15-29(35)31(30(36)16-22)23-17-27(33)24(4-2)28(34)18-23/h2,12-20H,3,5-11H2,1H3. The predicted octanol–water partition coefficient (Wildman–Crippen LogP) is 9.24. The Bertz CT molecular complexity index is 1230. The molecule has 3 aromatic carbocycles. The molecular weight excluding hydrogens is 467 g/mol. The van der Waals surface area contributed by atoms with Crippen molar-refractivity contribution < 1.29 is 22.0 Å². The van der Waals surface area contributed by atoms with Crippen LogP contribution in [0.15, 0.2) is 42.5 Å². The number of terminal acetylenes is 1. The van der Waals surface area contributed by atoms with Gasteiger partial charge in [0.25, 0.3) is 0 Å². The van der Waals surface area contributed by atoms with Gasteiger partial charge in [0.05, 0.1) is 11.1 Å². The molecule has 0 N–H and O–H groups in total. The minimum atomic E-state index is -1.09. The molecule has 0 saturated heterocycles. The lowest BCUT2D eigenvalue weighted by Crippen LogP contribution is -2.15. The van der Waals surface area contributed by atoms with Gasteiger partial charge in [0.1, 0.15) is 29.1 Å². The molecule has 0 unspecified atom stereocenters. The van der Waals surface area contributed by atoms with Gasteiger partial charge < -0.3 is 0 Å². The first-order valence-electron chi connectivity index (χ1n) is 12.5. The zero-order chi connectivity index (χ0) is 25.8. The van der Waals surface area contributed by atoms with E-state index in [1.165, 1.54) is 50.7 Å². The summed E-state index contributed by atoms with van der Waals surface area (Å²) in [5.41, 5.74) is -0.626. The molecule has 0 aliphatic heterocycles. The summed E-state index contributed by atoms with van der Waals surface area (Å²) in [7, 11) is 0. The molecular formula is C31H29F5. The van der Waals surface area contributed by atoms with Crippen LogP contribution in [0.25, 0.3) is 22.3 Å². The van der Waals surface area contributed by atoms with Crippen molar-refractivity contribution in [3.8, 4) is 34.6 Å². The van der Waals surface area contributed by atoms with E-state index in [0.717, 1.165) is 48.6 Å². The van der Waals surface area contributed by atoms with Crippen LogP contribution in [-0.4, -0.2) is 0 Å². The third-order valence-corrected chi connectivity index (χ3v) is 7.37. The summed E-state index contributed by atoms with van der Waals surface area (Å²) in [6.07, 6.45) is 14.3. The topological polar surface area (TPSA) is 0 Å². The van der Waals surface area contributed by atoms with Crippen LogP contribution in [0.1, 0.15) is 63.0 Å². The fraction of sp³-hybridized carbons (Fsp3) is 0.355. The van der Waals surface area contributed by atoms with Gasteiger partial charge in [-0.05, 0) is 71.7 Å². The average molecular weight is 497 g/mol. The lowest BCUT2D eigenvalue weighted by Gasteiger charge is -2.28. The summed E-state index contributed by atoms with van der Waals surface area (Å²) in [5.74, 6) is -1.50. The van der Waals surface area contributed by atoms with Crippen molar-refractivity contribution in [1.82, 2.24) is 0 Å². The van der Waals surface area contributed by atoms with Crippen molar-refractivity contribution in [2.45, 2.75) is 58.3 Å². The largest absolute Gasteiger partial charge is 0.206 e. The number of halogens is 5. The maximum Gasteiger partial charge on any atom is 0.142 e. The molecule has 0 nitrogen and oxygen atoms in total. The minimum Gasteiger partial charge on any atom is -0.206 e. The normalized spacial score (nSPS) is 17.7. The van der Waals surface area contributed by atoms with Gasteiger partial charge in [0.2, 0.25) is 0 Å². The van der Waals surface area contributed by atoms with E-state index < -0.39 is 40.2 Å². The van der Waals surface area contributed by atoms with Crippen molar-refractivity contribution in [2.75, 3.05) is 0 Å². The van der Waals surface area contributed by atoms with Gasteiger partial charge in [-0.3, -0.25) is 0 Å². The van der Waals surface area contributed by atoms with E-state index in [4.69, 9.17) is 6.42 Å². The Balaban J connectivity index is 1.50. The fourth-order valence-electron chi connectivity index (χ4n) is 5.40. The Morgan fingerprint density at radius 3 is 1.81 bits per heavy atom. The maximum atomic E-state index is 15.0. The number of aryl methyl sites for hydroxylation is 1. The SMILES string of the molecule is C#Cc1c(F)cc(-c2c(F)cc(-c3ccc(CCC4CCC(CCC)CC4)cc3F)cc2F)cc1F. The Hall–Kier alpha value is -3.13. The van der Waals surface area contributed by atoms with Crippen molar-refractivity contribution in [3.63, 3.8) is 0 Å². The molecule has 1 saturated carbocycles. The van der Waals surface area contributed by atoms with E-state index in [0.29, 0.717) is 5.92 Å². The number of benzene rings is 3. The molecule has 0 atom stereocenters. The van der Waals surface area contributed by atoms with Crippen molar-refractivity contribution in [3.05, 3.63) is 82.7 Å². The minimum absolute atomic E-state index is 0.00763. The van der Waals surface area contributed by atoms with E-state index in [2.05, 4.69) is 6.92 Å². The van der Waals surface area contributed by atoms with Crippen LogP contribution in [-0.2, 0) is 6.42 Å². The Morgan fingerprint density at radius 1 is 0.722 bits per heavy atom. The molecule has 0 heterocycles. The second-order valence-corrected chi connectivity index (χ2v) is 9.80. The molecule has 1 aliphatic carbocycles. The van der Waals surface area contributed by atoms with Gasteiger partial charge in [-0.25, -0.2) is 22.0 Å². The van der Waals surface area contributed by atoms with Crippen molar-refractivity contribution >= 4 is 0 Å². The second kappa shape index (κ2) is 11.3. The van der Waals surface area contributed by atoms with Crippen LogP contribution in [0.3, 0.4) is 0 Å². The maximum absolute atomic E-state index is 15.0. The molecule has 1 aliphatic rings. The highest BCUT2D eigenvalue weighted by Crippen LogP contribution is 2.36. The highest BCUT2D eigenvalue weighted by atomic mass is 19.1. The lowest BCUT2D eigenvalue weighted by molar-refractivity contribution is 0.252. The molecule has 36 heavy (non-hydrogen) atoms. The molecule has 0 spiro atoms. The molecule has 1 fully saturated rings. The zero-order valence-electron chi connectivity index (χ0n) is 20.3. The molecule has 5 heteroatoms. The summed E-state index contributed by atoms with van der Waals surface area (Å²) < 4.78 is 72.8. The second-order valence-electron chi connectivity index (χ2n) is 9.80. The van der Waals surface area contributed by atoms with Gasteiger partial charge >= 0.3 is 0 Å². The number of hydrogen-bond donors (Lipinski definition) is 0. The Kier molecular flexibility index (Phi) is 8.14. The molecule has 0 bridgehead atoms. The first kappa shape index (κ1) is 25.9. The number of hydrogen-bond acceptors (Lipinski definition) is 0. The van der Waals surface area contributed by atoms with E-state index in [-0.39, 0.29) is 16.7 Å². The molecule has 3 aromatic rings. The smallest absolute Gasteiger partial charge is 0.142 e. The first-order chi connectivity index (χ1) is 17.3. The van der Waals surface area contributed by atoms with E-state index in [1.54, 1.807) is 6.07 Å². The monoisotopic (exact) mass is 496 g/mol. The highest BCUT2D eigenvalue weighted by molar-refractivity contribution is 5.72. The third-order valence-electron chi connectivity index (χ3n) is 7.37. The van der Waals surface area contributed by atoms with Gasteiger partial charge in [0, 0.05) is 5.56 Å². The molecule has 0 radical (unpaired) electrons. The van der Waals surface area contributed by atoms with Crippen LogP contribution >= 0.6 is 0 Å². The van der Waals surface area contributed by atoms with Gasteiger partial charge in [-0.2, -0.15) is 0 Å². The summed E-state index contributed by atoms with van der Waals surface area (Å²) in [6.45, 7) is 2.23. The zero-order valence-corrected chi connectivity index (χ0v) is 20.3. The molecule has 4 rings (SSSR count). The highest BCUT2D eigenvalue weighted by Gasteiger charge is 2.21. The Labute approximate surface area is 209 Å². The summed E-state index contributed by atoms with van der Waals surface area (Å²) in [6, 6.07) is 8.24. The predicted molar refractivity (Wildman–Crippen MR) is 134 cm³/mol. The van der Waals surface area contributed by atoms with Gasteiger partial charge in [-0.15, -0.1) is 6.42 Å². The quantitative estimate of drug-likeness (QED) is 0.226. The van der Waals surface area contributed by atoms with Crippen LogP contribution in [0.4, 0.5) is 22.0 Å². The van der Waals surface area contributed by atoms with Crippen LogP contribution < -0.4 is 0 Å². The van der Waals surface area contributed by atoms with Gasteiger partial charge in [0.15, 0.2) is 0 Å². The van der Waals surface area contributed by atoms with Crippen molar-refractivity contribution in [2.24, 2.45) is 11.8 Å². The summed E-state index contributed by atoms with van der Waals surface area (Å²) >= 11 is 0. The van der Waals surface area contributed by atoms with E-state index >= 15 is 0 Å².